The smallest absolute Gasteiger partial charge is 0.142 e. The van der Waals surface area contributed by atoms with E-state index in [2.05, 4.69) is 14.9 Å². The Labute approximate surface area is 127 Å². The van der Waals surface area contributed by atoms with E-state index in [-0.39, 0.29) is 16.9 Å². The first kappa shape index (κ1) is 14.5. The highest BCUT2D eigenvalue weighted by Crippen LogP contribution is 2.25. The zero-order chi connectivity index (χ0) is 14.8. The average molecular weight is 310 g/mol. The molecule has 1 aromatic heterocycles. The Balaban J connectivity index is 1.79. The van der Waals surface area contributed by atoms with Gasteiger partial charge in [0.05, 0.1) is 24.3 Å². The van der Waals surface area contributed by atoms with Crippen LogP contribution in [0.1, 0.15) is 23.1 Å². The van der Waals surface area contributed by atoms with Gasteiger partial charge >= 0.3 is 0 Å². The molecule has 0 aliphatic carbocycles. The number of imidazole rings is 1. The predicted molar refractivity (Wildman–Crippen MR) is 78.7 cm³/mol. The predicted octanol–water partition coefficient (Wildman–Crippen LogP) is 3.08. The van der Waals surface area contributed by atoms with Gasteiger partial charge in [0.1, 0.15) is 11.6 Å². The molecule has 1 fully saturated rings. The Hall–Kier alpha value is -1.43. The van der Waals surface area contributed by atoms with E-state index in [0.29, 0.717) is 19.8 Å². The summed E-state index contributed by atoms with van der Waals surface area (Å²) in [6.07, 6.45) is 1.81. The number of nitrogens with zero attached hydrogens (tertiary/aromatic N) is 2. The number of halogens is 2. The molecule has 0 unspecified atom stereocenters. The Morgan fingerprint density at radius 2 is 2.38 bits per heavy atom. The summed E-state index contributed by atoms with van der Waals surface area (Å²) in [5, 5.41) is 0.152. The van der Waals surface area contributed by atoms with Crippen molar-refractivity contribution in [2.24, 2.45) is 0 Å². The van der Waals surface area contributed by atoms with Gasteiger partial charge in [0.2, 0.25) is 0 Å². The van der Waals surface area contributed by atoms with E-state index < -0.39 is 0 Å². The number of aryl methyl sites for hydroxylation is 1. The third-order valence-corrected chi connectivity index (χ3v) is 3.95. The van der Waals surface area contributed by atoms with E-state index >= 15 is 0 Å². The molecule has 4 nitrogen and oxygen atoms in total. The van der Waals surface area contributed by atoms with Gasteiger partial charge in [0.15, 0.2) is 0 Å². The molecular formula is C15H17ClFN3O. The average Bonchev–Trinajstić information content (AvgIpc) is 2.90. The number of hydrogen-bond acceptors (Lipinski definition) is 3. The van der Waals surface area contributed by atoms with Crippen LogP contribution in [-0.4, -0.2) is 34.6 Å². The second-order valence-electron chi connectivity index (χ2n) is 5.26. The summed E-state index contributed by atoms with van der Waals surface area (Å²) in [7, 11) is 0. The van der Waals surface area contributed by atoms with Crippen molar-refractivity contribution in [2.75, 3.05) is 19.8 Å². The molecule has 1 saturated heterocycles. The summed E-state index contributed by atoms with van der Waals surface area (Å²) < 4.78 is 19.1. The number of morpholine rings is 1. The summed E-state index contributed by atoms with van der Waals surface area (Å²) in [5.41, 5.74) is 1.92. The normalized spacial score (nSPS) is 19.9. The van der Waals surface area contributed by atoms with E-state index in [1.54, 1.807) is 6.07 Å². The van der Waals surface area contributed by atoms with Crippen molar-refractivity contribution in [2.45, 2.75) is 19.5 Å². The second kappa shape index (κ2) is 6.13. The Morgan fingerprint density at radius 1 is 1.52 bits per heavy atom. The van der Waals surface area contributed by atoms with Crippen LogP contribution in [0.5, 0.6) is 0 Å². The minimum atomic E-state index is -0.382. The lowest BCUT2D eigenvalue weighted by atomic mass is 10.1. The standard InChI is InChI=1S/C15H17ClFN3O/c1-10-7-18-15(19-10)14-9-21-5-4-20(14)8-11-2-3-12(16)13(17)6-11/h2-3,6-7,14H,4-5,8-9H2,1H3,(H,18,19)/t14-/m0/s1. The summed E-state index contributed by atoms with van der Waals surface area (Å²) in [4.78, 5) is 9.89. The van der Waals surface area contributed by atoms with Crippen LogP contribution >= 0.6 is 11.6 Å². The van der Waals surface area contributed by atoms with Gasteiger partial charge in [0.25, 0.3) is 0 Å². The number of benzene rings is 1. The lowest BCUT2D eigenvalue weighted by molar-refractivity contribution is -0.0157. The minimum absolute atomic E-state index is 0.0613. The molecule has 2 heterocycles. The zero-order valence-electron chi connectivity index (χ0n) is 11.8. The van der Waals surface area contributed by atoms with Crippen LogP contribution in [0.25, 0.3) is 0 Å². The summed E-state index contributed by atoms with van der Waals surface area (Å²) >= 11 is 5.73. The molecule has 0 spiro atoms. The lowest BCUT2D eigenvalue weighted by Gasteiger charge is -2.34. The SMILES string of the molecule is Cc1cnc([C@@H]2COCCN2Cc2ccc(Cl)c(F)c2)[nH]1. The molecule has 0 bridgehead atoms. The molecule has 1 aliphatic rings. The molecular weight excluding hydrogens is 293 g/mol. The van der Waals surface area contributed by atoms with Crippen LogP contribution in [0.4, 0.5) is 4.39 Å². The van der Waals surface area contributed by atoms with Crippen LogP contribution < -0.4 is 0 Å². The first-order chi connectivity index (χ1) is 10.1. The lowest BCUT2D eigenvalue weighted by Crippen LogP contribution is -2.39. The maximum absolute atomic E-state index is 13.6. The number of aromatic nitrogens is 2. The first-order valence-electron chi connectivity index (χ1n) is 6.90. The highest BCUT2D eigenvalue weighted by Gasteiger charge is 2.26. The van der Waals surface area contributed by atoms with Gasteiger partial charge in [-0.2, -0.15) is 0 Å². The van der Waals surface area contributed by atoms with Gasteiger partial charge < -0.3 is 9.72 Å². The van der Waals surface area contributed by atoms with Gasteiger partial charge in [-0.3, -0.25) is 4.90 Å². The monoisotopic (exact) mass is 309 g/mol. The van der Waals surface area contributed by atoms with Crippen LogP contribution in [0.2, 0.25) is 5.02 Å². The molecule has 21 heavy (non-hydrogen) atoms. The van der Waals surface area contributed by atoms with Crippen molar-refractivity contribution >= 4 is 11.6 Å². The molecule has 0 radical (unpaired) electrons. The van der Waals surface area contributed by atoms with Gasteiger partial charge in [-0.15, -0.1) is 0 Å². The molecule has 1 atom stereocenters. The number of ether oxygens (including phenoxy) is 1. The van der Waals surface area contributed by atoms with E-state index in [1.165, 1.54) is 6.07 Å². The Bertz CT molecular complexity index is 631. The zero-order valence-corrected chi connectivity index (χ0v) is 12.5. The van der Waals surface area contributed by atoms with Gasteiger partial charge in [0, 0.05) is 25.0 Å². The first-order valence-corrected chi connectivity index (χ1v) is 7.28. The molecule has 1 N–H and O–H groups in total. The summed E-state index contributed by atoms with van der Waals surface area (Å²) in [5.74, 6) is 0.509. The van der Waals surface area contributed by atoms with Crippen molar-refractivity contribution in [1.82, 2.24) is 14.9 Å². The number of nitrogens with one attached hydrogen (secondary N) is 1. The third kappa shape index (κ3) is 3.26. The van der Waals surface area contributed by atoms with Crippen molar-refractivity contribution in [3.05, 3.63) is 52.3 Å². The van der Waals surface area contributed by atoms with E-state index in [1.807, 2.05) is 19.2 Å². The van der Waals surface area contributed by atoms with E-state index in [0.717, 1.165) is 23.6 Å². The topological polar surface area (TPSA) is 41.1 Å². The largest absolute Gasteiger partial charge is 0.378 e. The van der Waals surface area contributed by atoms with Gasteiger partial charge in [-0.05, 0) is 24.6 Å². The van der Waals surface area contributed by atoms with Crippen molar-refractivity contribution < 1.29 is 9.13 Å². The second-order valence-corrected chi connectivity index (χ2v) is 5.67. The maximum Gasteiger partial charge on any atom is 0.142 e. The Kier molecular flexibility index (Phi) is 4.24. The fourth-order valence-electron chi connectivity index (χ4n) is 2.55. The maximum atomic E-state index is 13.6. The van der Waals surface area contributed by atoms with Gasteiger partial charge in [-0.25, -0.2) is 9.37 Å². The molecule has 1 aliphatic heterocycles. The quantitative estimate of drug-likeness (QED) is 0.947. The number of rotatable bonds is 3. The van der Waals surface area contributed by atoms with Crippen LogP contribution in [0.3, 0.4) is 0 Å². The molecule has 3 rings (SSSR count). The molecule has 1 aromatic carbocycles. The molecule has 0 amide bonds. The van der Waals surface area contributed by atoms with Crippen LogP contribution in [0.15, 0.2) is 24.4 Å². The summed E-state index contributed by atoms with van der Waals surface area (Å²) in [6, 6.07) is 5.00. The Morgan fingerprint density at radius 3 is 3.10 bits per heavy atom. The van der Waals surface area contributed by atoms with E-state index in [9.17, 15) is 4.39 Å². The highest BCUT2D eigenvalue weighted by molar-refractivity contribution is 6.30. The van der Waals surface area contributed by atoms with Crippen molar-refractivity contribution in [3.63, 3.8) is 0 Å². The van der Waals surface area contributed by atoms with Crippen molar-refractivity contribution in [1.29, 1.82) is 0 Å². The molecule has 2 aromatic rings. The van der Waals surface area contributed by atoms with Crippen LogP contribution in [-0.2, 0) is 11.3 Å². The number of H-pyrrole nitrogens is 1. The van der Waals surface area contributed by atoms with Crippen molar-refractivity contribution in [3.8, 4) is 0 Å². The molecule has 112 valence electrons. The van der Waals surface area contributed by atoms with Crippen LogP contribution in [0, 0.1) is 12.7 Å². The third-order valence-electron chi connectivity index (χ3n) is 3.65. The minimum Gasteiger partial charge on any atom is -0.378 e. The van der Waals surface area contributed by atoms with E-state index in [4.69, 9.17) is 16.3 Å². The molecule has 6 heteroatoms. The molecule has 0 saturated carbocycles. The number of hydrogen-bond donors (Lipinski definition) is 1. The van der Waals surface area contributed by atoms with Gasteiger partial charge in [-0.1, -0.05) is 17.7 Å². The highest BCUT2D eigenvalue weighted by atomic mass is 35.5. The fourth-order valence-corrected chi connectivity index (χ4v) is 2.67. The fraction of sp³-hybridized carbons (Fsp3) is 0.400. The number of aromatic amines is 1. The summed E-state index contributed by atoms with van der Waals surface area (Å²) in [6.45, 7) is 4.66.